The first-order valence-electron chi connectivity index (χ1n) is 10.4. The van der Waals surface area contributed by atoms with Gasteiger partial charge in [0.25, 0.3) is 5.91 Å². The highest BCUT2D eigenvalue weighted by molar-refractivity contribution is 5.92. The fraction of sp³-hybridized carbons (Fsp3) is 0.318. The molecule has 1 saturated heterocycles. The molecule has 0 bridgehead atoms. The molecule has 0 radical (unpaired) electrons. The number of aldehydes is 1. The first-order chi connectivity index (χ1) is 15.4. The maximum atomic E-state index is 12.5. The van der Waals surface area contributed by atoms with Crippen LogP contribution in [0.15, 0.2) is 43.0 Å². The van der Waals surface area contributed by atoms with Crippen molar-refractivity contribution in [2.24, 2.45) is 5.73 Å². The lowest BCUT2D eigenvalue weighted by molar-refractivity contribution is -0.125. The number of fused-ring (bicyclic) bond motifs is 1. The molecule has 3 aromatic rings. The molecule has 1 aliphatic heterocycles. The van der Waals surface area contributed by atoms with Crippen molar-refractivity contribution in [3.8, 4) is 0 Å². The molecule has 1 aliphatic rings. The van der Waals surface area contributed by atoms with Crippen LogP contribution in [0.2, 0.25) is 0 Å². The van der Waals surface area contributed by atoms with Gasteiger partial charge < -0.3 is 26.1 Å². The topological polar surface area (TPSA) is 152 Å². The van der Waals surface area contributed by atoms with Gasteiger partial charge in [0.1, 0.15) is 18.7 Å². The first kappa shape index (κ1) is 21.4. The van der Waals surface area contributed by atoms with Crippen LogP contribution in [0.1, 0.15) is 28.9 Å². The highest BCUT2D eigenvalue weighted by Crippen LogP contribution is 2.19. The molecule has 0 spiro atoms. The summed E-state index contributed by atoms with van der Waals surface area (Å²) < 4.78 is 1.29. The van der Waals surface area contributed by atoms with Crippen LogP contribution >= 0.6 is 0 Å². The Morgan fingerprint density at radius 2 is 2.12 bits per heavy atom. The number of hydrogen-bond donors (Lipinski definition) is 4. The van der Waals surface area contributed by atoms with Gasteiger partial charge in [0.2, 0.25) is 11.8 Å². The minimum Gasteiger partial charge on any atom is -0.361 e. The summed E-state index contributed by atoms with van der Waals surface area (Å²) in [5.41, 5.74) is 8.35. The van der Waals surface area contributed by atoms with Crippen molar-refractivity contribution >= 4 is 34.9 Å². The van der Waals surface area contributed by atoms with Crippen molar-refractivity contribution in [2.45, 2.75) is 43.8 Å². The van der Waals surface area contributed by atoms with E-state index in [4.69, 9.17) is 5.73 Å². The summed E-state index contributed by atoms with van der Waals surface area (Å²) in [6.45, 7) is 0. The molecule has 32 heavy (non-hydrogen) atoms. The molecular formula is C22H24N6O4. The normalized spacial score (nSPS) is 17.7. The van der Waals surface area contributed by atoms with Crippen molar-refractivity contribution in [3.63, 3.8) is 0 Å². The molecule has 1 fully saturated rings. The molecule has 0 unspecified atom stereocenters. The largest absolute Gasteiger partial charge is 0.361 e. The Morgan fingerprint density at radius 1 is 1.31 bits per heavy atom. The summed E-state index contributed by atoms with van der Waals surface area (Å²) in [5.74, 6) is -0.919. The van der Waals surface area contributed by atoms with Crippen molar-refractivity contribution in [2.75, 3.05) is 0 Å². The lowest BCUT2D eigenvalue weighted by Gasteiger charge is -2.16. The van der Waals surface area contributed by atoms with Gasteiger partial charge in [-0.25, -0.2) is 4.98 Å². The van der Waals surface area contributed by atoms with E-state index in [-0.39, 0.29) is 18.2 Å². The third-order valence-electron chi connectivity index (χ3n) is 5.56. The Morgan fingerprint density at radius 3 is 2.88 bits per heavy atom. The molecule has 3 heterocycles. The summed E-state index contributed by atoms with van der Waals surface area (Å²) in [6.07, 6.45) is 6.56. The van der Waals surface area contributed by atoms with Gasteiger partial charge in [0.05, 0.1) is 17.8 Å². The Bertz CT molecular complexity index is 1170. The Kier molecular flexibility index (Phi) is 6.13. The maximum absolute atomic E-state index is 12.5. The molecule has 10 heteroatoms. The molecule has 4 rings (SSSR count). The summed E-state index contributed by atoms with van der Waals surface area (Å²) in [4.78, 5) is 55.1. The van der Waals surface area contributed by atoms with Gasteiger partial charge in [-0.15, -0.1) is 0 Å². The predicted octanol–water partition coefficient (Wildman–Crippen LogP) is 0.0794. The van der Waals surface area contributed by atoms with E-state index in [1.54, 1.807) is 0 Å². The number of nitrogens with zero attached hydrogens (tertiary/aromatic N) is 2. The summed E-state index contributed by atoms with van der Waals surface area (Å²) in [5, 5.41) is 6.28. The fourth-order valence-electron chi connectivity index (χ4n) is 3.85. The molecule has 0 aliphatic carbocycles. The van der Waals surface area contributed by atoms with Gasteiger partial charge in [-0.05, 0) is 18.1 Å². The second kappa shape index (κ2) is 9.15. The predicted molar refractivity (Wildman–Crippen MR) is 116 cm³/mol. The van der Waals surface area contributed by atoms with Crippen molar-refractivity contribution < 1.29 is 19.2 Å². The number of amides is 2. The molecule has 2 aromatic heterocycles. The number of H-pyrrole nitrogens is 1. The number of imidazole rings is 1. The first-order valence-corrected chi connectivity index (χ1v) is 10.4. The van der Waals surface area contributed by atoms with Crippen LogP contribution in [0.25, 0.3) is 10.9 Å². The summed E-state index contributed by atoms with van der Waals surface area (Å²) in [7, 11) is 0. The number of para-hydroxylation sites is 1. The van der Waals surface area contributed by atoms with Gasteiger partial charge in [0.15, 0.2) is 0 Å². The Hall–Kier alpha value is -3.79. The minimum absolute atomic E-state index is 0.0990. The Labute approximate surface area is 183 Å². The average Bonchev–Trinajstić information content (AvgIpc) is 3.53. The van der Waals surface area contributed by atoms with Gasteiger partial charge >= 0.3 is 0 Å². The van der Waals surface area contributed by atoms with Crippen molar-refractivity contribution in [1.82, 2.24) is 25.2 Å². The van der Waals surface area contributed by atoms with Crippen LogP contribution in [0.3, 0.4) is 0 Å². The SMILES string of the molecule is N[C@@H](Cc1cn(C(=O)[C@@H]2CCC(=O)N2)cn1)C(=O)N[C@H](C=O)Cc1c[nH]c2ccccc12. The van der Waals surface area contributed by atoms with E-state index >= 15 is 0 Å². The summed E-state index contributed by atoms with van der Waals surface area (Å²) in [6, 6.07) is 5.48. The van der Waals surface area contributed by atoms with E-state index in [9.17, 15) is 19.2 Å². The van der Waals surface area contributed by atoms with E-state index < -0.39 is 24.0 Å². The third-order valence-corrected chi connectivity index (χ3v) is 5.56. The molecule has 2 amide bonds. The number of nitrogens with two attached hydrogens (primary N) is 1. The minimum atomic E-state index is -0.940. The van der Waals surface area contributed by atoms with E-state index in [1.165, 1.54) is 17.1 Å². The third kappa shape index (κ3) is 4.59. The molecular weight excluding hydrogens is 412 g/mol. The van der Waals surface area contributed by atoms with E-state index in [0.717, 1.165) is 16.5 Å². The van der Waals surface area contributed by atoms with Gasteiger partial charge in [-0.3, -0.25) is 19.0 Å². The van der Waals surface area contributed by atoms with Gasteiger partial charge in [0, 0.05) is 42.6 Å². The highest BCUT2D eigenvalue weighted by atomic mass is 16.2. The second-order valence-corrected chi connectivity index (χ2v) is 7.89. The number of aromatic nitrogens is 3. The number of hydrogen-bond acceptors (Lipinski definition) is 6. The van der Waals surface area contributed by atoms with Crippen LogP contribution in [0, 0.1) is 0 Å². The Balaban J connectivity index is 1.34. The molecule has 10 nitrogen and oxygen atoms in total. The lowest BCUT2D eigenvalue weighted by atomic mass is 10.0. The van der Waals surface area contributed by atoms with Crippen LogP contribution in [0.5, 0.6) is 0 Å². The zero-order valence-corrected chi connectivity index (χ0v) is 17.3. The number of aromatic amines is 1. The number of carbonyl (C=O) groups excluding carboxylic acids is 4. The number of nitrogens with one attached hydrogen (secondary N) is 3. The van der Waals surface area contributed by atoms with Crippen molar-refractivity contribution in [3.05, 3.63) is 54.2 Å². The average molecular weight is 436 g/mol. The second-order valence-electron chi connectivity index (χ2n) is 7.89. The van der Waals surface area contributed by atoms with Crippen LogP contribution in [-0.2, 0) is 27.2 Å². The quantitative estimate of drug-likeness (QED) is 0.367. The van der Waals surface area contributed by atoms with E-state index in [0.29, 0.717) is 31.2 Å². The standard InChI is InChI=1S/C22H24N6O4/c23-17(8-14-10-28(12-25-14)22(32)19-5-6-20(30)27-19)21(31)26-15(11-29)7-13-9-24-18-4-2-1-3-16(13)18/h1-4,9-12,15,17,19,24H,5-8,23H2,(H,26,31)(H,27,30)/t15-,17-,19-/m0/s1. The zero-order valence-electron chi connectivity index (χ0n) is 17.3. The number of carbonyl (C=O) groups is 4. The zero-order chi connectivity index (χ0) is 22.7. The maximum Gasteiger partial charge on any atom is 0.254 e. The molecule has 166 valence electrons. The van der Waals surface area contributed by atoms with E-state index in [2.05, 4.69) is 20.6 Å². The molecule has 5 N–H and O–H groups in total. The lowest BCUT2D eigenvalue weighted by Crippen LogP contribution is -2.47. The smallest absolute Gasteiger partial charge is 0.254 e. The monoisotopic (exact) mass is 436 g/mol. The number of rotatable bonds is 8. The fourth-order valence-corrected chi connectivity index (χ4v) is 3.85. The van der Waals surface area contributed by atoms with Gasteiger partial charge in [-0.2, -0.15) is 0 Å². The molecule has 0 saturated carbocycles. The van der Waals surface area contributed by atoms with Crippen molar-refractivity contribution in [1.29, 1.82) is 0 Å². The van der Waals surface area contributed by atoms with E-state index in [1.807, 2.05) is 30.5 Å². The molecule has 3 atom stereocenters. The number of benzene rings is 1. The van der Waals surface area contributed by atoms with Crippen LogP contribution < -0.4 is 16.4 Å². The highest BCUT2D eigenvalue weighted by Gasteiger charge is 2.28. The summed E-state index contributed by atoms with van der Waals surface area (Å²) >= 11 is 0. The van der Waals surface area contributed by atoms with Crippen LogP contribution in [0.4, 0.5) is 0 Å². The van der Waals surface area contributed by atoms with Crippen LogP contribution in [-0.4, -0.2) is 56.7 Å². The molecule has 1 aromatic carbocycles. The van der Waals surface area contributed by atoms with Gasteiger partial charge in [-0.1, -0.05) is 18.2 Å².